The van der Waals surface area contributed by atoms with Gasteiger partial charge in [-0.3, -0.25) is 4.57 Å². The first-order chi connectivity index (χ1) is 6.37. The van der Waals surface area contributed by atoms with Crippen molar-refractivity contribution < 1.29 is 23.9 Å². The van der Waals surface area contributed by atoms with Crippen LogP contribution in [-0.4, -0.2) is 28.5 Å². The number of hydrogen-bond donors (Lipinski definition) is 2. The summed E-state index contributed by atoms with van der Waals surface area (Å²) in [6.07, 6.45) is 1.40. The van der Waals surface area contributed by atoms with Crippen LogP contribution in [0.3, 0.4) is 0 Å². The van der Waals surface area contributed by atoms with E-state index in [9.17, 15) is 9.36 Å². The van der Waals surface area contributed by atoms with Gasteiger partial charge < -0.3 is 14.5 Å². The van der Waals surface area contributed by atoms with E-state index in [2.05, 4.69) is 4.74 Å². The van der Waals surface area contributed by atoms with E-state index in [1.165, 1.54) is 6.08 Å². The molecule has 0 radical (unpaired) electrons. The molecular formula is C8H15O5P. The Morgan fingerprint density at radius 3 is 2.50 bits per heavy atom. The summed E-state index contributed by atoms with van der Waals surface area (Å²) in [4.78, 5) is 28.1. The van der Waals surface area contributed by atoms with Crippen molar-refractivity contribution in [2.75, 3.05) is 12.8 Å². The van der Waals surface area contributed by atoms with Gasteiger partial charge in [0, 0.05) is 5.57 Å². The van der Waals surface area contributed by atoms with E-state index < -0.39 is 13.6 Å². The van der Waals surface area contributed by atoms with E-state index >= 15 is 0 Å². The van der Waals surface area contributed by atoms with Crippen molar-refractivity contribution >= 4 is 13.6 Å². The minimum atomic E-state index is -3.96. The van der Waals surface area contributed by atoms with Crippen LogP contribution < -0.4 is 0 Å². The maximum absolute atomic E-state index is 11.0. The van der Waals surface area contributed by atoms with Crippen LogP contribution in [0.4, 0.5) is 0 Å². The SMILES string of the molecule is CCOC(=O)C(C)=CCCP(=O)(O)O. The lowest BCUT2D eigenvalue weighted by atomic mass is 10.2. The molecule has 0 fully saturated rings. The molecule has 0 aliphatic rings. The highest BCUT2D eigenvalue weighted by atomic mass is 31.2. The molecule has 0 aromatic heterocycles. The predicted octanol–water partition coefficient (Wildman–Crippen LogP) is 1.06. The highest BCUT2D eigenvalue weighted by molar-refractivity contribution is 7.51. The van der Waals surface area contributed by atoms with Gasteiger partial charge in [-0.05, 0) is 20.3 Å². The number of ether oxygens (including phenoxy) is 1. The maximum atomic E-state index is 11.0. The third-order valence-electron chi connectivity index (χ3n) is 1.47. The van der Waals surface area contributed by atoms with Crippen LogP contribution in [-0.2, 0) is 14.1 Å². The fourth-order valence-corrected chi connectivity index (χ4v) is 1.24. The minimum absolute atomic E-state index is 0.176. The first kappa shape index (κ1) is 13.4. The average Bonchev–Trinajstić information content (AvgIpc) is 2.02. The topological polar surface area (TPSA) is 83.8 Å². The van der Waals surface area contributed by atoms with Gasteiger partial charge in [0.2, 0.25) is 0 Å². The van der Waals surface area contributed by atoms with Crippen LogP contribution in [0.1, 0.15) is 20.3 Å². The lowest BCUT2D eigenvalue weighted by Crippen LogP contribution is -2.05. The zero-order chi connectivity index (χ0) is 11.2. The fraction of sp³-hybridized carbons (Fsp3) is 0.625. The van der Waals surface area contributed by atoms with E-state index in [4.69, 9.17) is 9.79 Å². The smallest absolute Gasteiger partial charge is 0.333 e. The Morgan fingerprint density at radius 2 is 2.07 bits per heavy atom. The molecular weight excluding hydrogens is 207 g/mol. The summed E-state index contributed by atoms with van der Waals surface area (Å²) in [5.74, 6) is -0.446. The maximum Gasteiger partial charge on any atom is 0.333 e. The molecule has 0 aliphatic carbocycles. The van der Waals surface area contributed by atoms with Gasteiger partial charge in [0.1, 0.15) is 0 Å². The molecule has 0 saturated heterocycles. The van der Waals surface area contributed by atoms with Gasteiger partial charge in [0.15, 0.2) is 0 Å². The Balaban J connectivity index is 4.00. The summed E-state index contributed by atoms with van der Waals surface area (Å²) >= 11 is 0. The molecule has 2 N–H and O–H groups in total. The van der Waals surface area contributed by atoms with Gasteiger partial charge in [-0.25, -0.2) is 4.79 Å². The third-order valence-corrected chi connectivity index (χ3v) is 2.31. The van der Waals surface area contributed by atoms with Gasteiger partial charge in [-0.1, -0.05) is 6.08 Å². The molecule has 0 spiro atoms. The Hall–Kier alpha value is -0.640. The van der Waals surface area contributed by atoms with Crippen molar-refractivity contribution in [3.8, 4) is 0 Å². The van der Waals surface area contributed by atoms with Crippen LogP contribution in [0.15, 0.2) is 11.6 Å². The zero-order valence-corrected chi connectivity index (χ0v) is 9.16. The second-order valence-electron chi connectivity index (χ2n) is 2.78. The Labute approximate surface area is 82.9 Å². The molecule has 82 valence electrons. The van der Waals surface area contributed by atoms with Crippen molar-refractivity contribution in [2.24, 2.45) is 0 Å². The molecule has 0 bridgehead atoms. The van der Waals surface area contributed by atoms with E-state index in [1.54, 1.807) is 13.8 Å². The molecule has 0 amide bonds. The molecule has 0 atom stereocenters. The van der Waals surface area contributed by atoms with Crippen molar-refractivity contribution in [3.63, 3.8) is 0 Å². The van der Waals surface area contributed by atoms with Crippen molar-refractivity contribution in [1.82, 2.24) is 0 Å². The number of esters is 1. The lowest BCUT2D eigenvalue weighted by molar-refractivity contribution is -0.138. The average molecular weight is 222 g/mol. The molecule has 0 rings (SSSR count). The van der Waals surface area contributed by atoms with Crippen LogP contribution in [0, 0.1) is 0 Å². The summed E-state index contributed by atoms with van der Waals surface area (Å²) in [6, 6.07) is 0. The number of rotatable bonds is 5. The van der Waals surface area contributed by atoms with Gasteiger partial charge in [0.25, 0.3) is 0 Å². The van der Waals surface area contributed by atoms with Crippen LogP contribution >= 0.6 is 7.60 Å². The molecule has 14 heavy (non-hydrogen) atoms. The first-order valence-corrected chi connectivity index (χ1v) is 6.05. The van der Waals surface area contributed by atoms with Crippen LogP contribution in [0.5, 0.6) is 0 Å². The Morgan fingerprint density at radius 1 is 1.50 bits per heavy atom. The molecule has 0 saturated carbocycles. The summed E-state index contributed by atoms with van der Waals surface area (Å²) in [6.45, 7) is 3.54. The number of hydrogen-bond acceptors (Lipinski definition) is 3. The predicted molar refractivity (Wildman–Crippen MR) is 51.9 cm³/mol. The third kappa shape index (κ3) is 6.83. The van der Waals surface area contributed by atoms with Gasteiger partial charge in [0.05, 0.1) is 12.8 Å². The van der Waals surface area contributed by atoms with Gasteiger partial charge >= 0.3 is 13.6 Å². The van der Waals surface area contributed by atoms with Crippen LogP contribution in [0.2, 0.25) is 0 Å². The van der Waals surface area contributed by atoms with Gasteiger partial charge in [-0.15, -0.1) is 0 Å². The standard InChI is InChI=1S/C8H15O5P/c1-3-13-8(9)7(2)5-4-6-14(10,11)12/h5H,3-4,6H2,1-2H3,(H2,10,11,12). The van der Waals surface area contributed by atoms with Gasteiger partial charge in [-0.2, -0.15) is 0 Å². The van der Waals surface area contributed by atoms with E-state index in [0.717, 1.165) is 0 Å². The quantitative estimate of drug-likeness (QED) is 0.413. The molecule has 0 aliphatic heterocycles. The fourth-order valence-electron chi connectivity index (χ4n) is 0.777. The minimum Gasteiger partial charge on any atom is -0.463 e. The molecule has 5 nitrogen and oxygen atoms in total. The highest BCUT2D eigenvalue weighted by Crippen LogP contribution is 2.35. The first-order valence-electron chi connectivity index (χ1n) is 4.25. The van der Waals surface area contributed by atoms with E-state index in [0.29, 0.717) is 12.2 Å². The normalized spacial score (nSPS) is 12.7. The Kier molecular flexibility index (Phi) is 5.69. The van der Waals surface area contributed by atoms with Crippen molar-refractivity contribution in [2.45, 2.75) is 20.3 Å². The summed E-state index contributed by atoms with van der Waals surface area (Å²) in [5.41, 5.74) is 0.375. The molecule has 0 aromatic carbocycles. The van der Waals surface area contributed by atoms with E-state index in [-0.39, 0.29) is 12.6 Å². The summed E-state index contributed by atoms with van der Waals surface area (Å²) in [7, 11) is -3.96. The molecule has 6 heteroatoms. The highest BCUT2D eigenvalue weighted by Gasteiger charge is 2.11. The summed E-state index contributed by atoms with van der Waals surface area (Å²) in [5, 5.41) is 0. The number of allylic oxidation sites excluding steroid dienone is 1. The summed E-state index contributed by atoms with van der Waals surface area (Å²) < 4.78 is 15.1. The monoisotopic (exact) mass is 222 g/mol. The second kappa shape index (κ2) is 5.96. The largest absolute Gasteiger partial charge is 0.463 e. The van der Waals surface area contributed by atoms with Crippen molar-refractivity contribution in [1.29, 1.82) is 0 Å². The molecule has 0 aromatic rings. The van der Waals surface area contributed by atoms with E-state index in [1.807, 2.05) is 0 Å². The number of carbonyl (C=O) groups excluding carboxylic acids is 1. The molecule has 0 unspecified atom stereocenters. The van der Waals surface area contributed by atoms with Crippen LogP contribution in [0.25, 0.3) is 0 Å². The Bertz CT molecular complexity index is 265. The van der Waals surface area contributed by atoms with Crippen molar-refractivity contribution in [3.05, 3.63) is 11.6 Å². The zero-order valence-electron chi connectivity index (χ0n) is 8.27. The number of carbonyl (C=O) groups is 1. The lowest BCUT2D eigenvalue weighted by Gasteiger charge is -2.02. The second-order valence-corrected chi connectivity index (χ2v) is 4.56. The molecule has 0 heterocycles.